The minimum atomic E-state index is -0.772. The number of amides is 1. The smallest absolute Gasteiger partial charge is 0.256 e. The minimum Gasteiger partial charge on any atom is -0.492 e. The minimum absolute atomic E-state index is 0.120. The van der Waals surface area contributed by atoms with Crippen LogP contribution in [0.3, 0.4) is 0 Å². The standard InChI is InChI=1S/C21H30N2O3/c1-5-26-21(10-6-7-16(4)12-21)20(24)23-18-8-9-19(17(11-18)13-22)25-14-15(2)3/h8-9,11,15-16H,5-7,10,12,14H2,1-4H3,(H,23,24)/t16-,21-/m0/s1. The lowest BCUT2D eigenvalue weighted by molar-refractivity contribution is -0.147. The van der Waals surface area contributed by atoms with E-state index in [4.69, 9.17) is 9.47 Å². The van der Waals surface area contributed by atoms with Crippen molar-refractivity contribution in [3.05, 3.63) is 23.8 Å². The van der Waals surface area contributed by atoms with E-state index < -0.39 is 5.60 Å². The number of nitriles is 1. The van der Waals surface area contributed by atoms with E-state index in [9.17, 15) is 10.1 Å². The molecule has 0 heterocycles. The summed E-state index contributed by atoms with van der Waals surface area (Å²) in [5, 5.41) is 12.3. The van der Waals surface area contributed by atoms with Crippen LogP contribution in [0.5, 0.6) is 5.75 Å². The fourth-order valence-electron chi connectivity index (χ4n) is 3.50. The van der Waals surface area contributed by atoms with Gasteiger partial charge in [0, 0.05) is 12.3 Å². The van der Waals surface area contributed by atoms with Gasteiger partial charge < -0.3 is 14.8 Å². The van der Waals surface area contributed by atoms with Crippen LogP contribution < -0.4 is 10.1 Å². The van der Waals surface area contributed by atoms with Crippen molar-refractivity contribution in [3.8, 4) is 11.8 Å². The Balaban J connectivity index is 2.15. The van der Waals surface area contributed by atoms with Crippen molar-refractivity contribution in [1.82, 2.24) is 0 Å². The maximum atomic E-state index is 13.0. The molecule has 5 nitrogen and oxygen atoms in total. The van der Waals surface area contributed by atoms with Crippen molar-refractivity contribution in [2.24, 2.45) is 11.8 Å². The predicted octanol–water partition coefficient (Wildman–Crippen LogP) is 4.52. The fraction of sp³-hybridized carbons (Fsp3) is 0.619. The number of benzene rings is 1. The first-order chi connectivity index (χ1) is 12.4. The summed E-state index contributed by atoms with van der Waals surface area (Å²) in [4.78, 5) is 13.0. The molecule has 1 N–H and O–H groups in total. The number of ether oxygens (including phenoxy) is 2. The predicted molar refractivity (Wildman–Crippen MR) is 102 cm³/mol. The Morgan fingerprint density at radius 2 is 2.23 bits per heavy atom. The first kappa shape index (κ1) is 20.3. The second-order valence-corrected chi connectivity index (χ2v) is 7.61. The molecule has 26 heavy (non-hydrogen) atoms. The SMILES string of the molecule is CCO[C@@]1(C(=O)Nc2ccc(OCC(C)C)c(C#N)c2)CCC[C@H](C)C1. The summed E-state index contributed by atoms with van der Waals surface area (Å²) in [7, 11) is 0. The Morgan fingerprint density at radius 1 is 1.46 bits per heavy atom. The fourth-order valence-corrected chi connectivity index (χ4v) is 3.50. The first-order valence-corrected chi connectivity index (χ1v) is 9.52. The quantitative estimate of drug-likeness (QED) is 0.778. The monoisotopic (exact) mass is 358 g/mol. The summed E-state index contributed by atoms with van der Waals surface area (Å²) in [6, 6.07) is 7.33. The van der Waals surface area contributed by atoms with E-state index in [0.29, 0.717) is 42.0 Å². The highest BCUT2D eigenvalue weighted by Gasteiger charge is 2.42. The van der Waals surface area contributed by atoms with Crippen molar-refractivity contribution < 1.29 is 14.3 Å². The number of carbonyl (C=O) groups excluding carboxylic acids is 1. The lowest BCUT2D eigenvalue weighted by Crippen LogP contribution is -2.48. The van der Waals surface area contributed by atoms with Crippen molar-refractivity contribution in [2.45, 2.75) is 59.0 Å². The molecule has 2 atom stereocenters. The molecule has 1 amide bonds. The van der Waals surface area contributed by atoms with Crippen LogP contribution in [0.15, 0.2) is 18.2 Å². The number of anilines is 1. The summed E-state index contributed by atoms with van der Waals surface area (Å²) >= 11 is 0. The Morgan fingerprint density at radius 3 is 2.85 bits per heavy atom. The second kappa shape index (κ2) is 9.05. The van der Waals surface area contributed by atoms with Crippen LogP contribution in [0.2, 0.25) is 0 Å². The molecule has 5 heteroatoms. The molecule has 1 aliphatic carbocycles. The molecule has 0 aromatic heterocycles. The first-order valence-electron chi connectivity index (χ1n) is 9.52. The summed E-state index contributed by atoms with van der Waals surface area (Å²) in [5.41, 5.74) is 0.248. The highest BCUT2D eigenvalue weighted by Crippen LogP contribution is 2.36. The van der Waals surface area contributed by atoms with Crippen LogP contribution >= 0.6 is 0 Å². The molecule has 0 saturated heterocycles. The molecule has 0 bridgehead atoms. The molecule has 1 aromatic carbocycles. The molecule has 1 aromatic rings. The van der Waals surface area contributed by atoms with Crippen molar-refractivity contribution in [1.29, 1.82) is 5.26 Å². The molecule has 1 saturated carbocycles. The van der Waals surface area contributed by atoms with Gasteiger partial charge in [-0.2, -0.15) is 5.26 Å². The lowest BCUT2D eigenvalue weighted by Gasteiger charge is -2.38. The normalized spacial score (nSPS) is 22.7. The van der Waals surface area contributed by atoms with Gasteiger partial charge in [0.1, 0.15) is 17.4 Å². The van der Waals surface area contributed by atoms with Gasteiger partial charge in [0.15, 0.2) is 0 Å². The lowest BCUT2D eigenvalue weighted by atomic mass is 9.78. The Kier molecular flexibility index (Phi) is 7.05. The number of nitrogens with zero attached hydrogens (tertiary/aromatic N) is 1. The van der Waals surface area contributed by atoms with Gasteiger partial charge in [0.2, 0.25) is 0 Å². The molecular weight excluding hydrogens is 328 g/mol. The summed E-state index contributed by atoms with van der Waals surface area (Å²) < 4.78 is 11.6. The van der Waals surface area contributed by atoms with Gasteiger partial charge in [-0.15, -0.1) is 0 Å². The number of carbonyl (C=O) groups is 1. The third-order valence-corrected chi connectivity index (χ3v) is 4.72. The summed E-state index contributed by atoms with van der Waals surface area (Å²) in [6.45, 7) is 9.24. The van der Waals surface area contributed by atoms with Gasteiger partial charge in [-0.25, -0.2) is 0 Å². The van der Waals surface area contributed by atoms with Crippen molar-refractivity contribution >= 4 is 11.6 Å². The van der Waals surface area contributed by atoms with Crippen LogP contribution in [-0.2, 0) is 9.53 Å². The summed E-state index contributed by atoms with van der Waals surface area (Å²) in [5.74, 6) is 1.26. The molecule has 0 aliphatic heterocycles. The van der Waals surface area contributed by atoms with Crippen LogP contribution in [0.1, 0.15) is 58.9 Å². The molecule has 0 radical (unpaired) electrons. The van der Waals surface area contributed by atoms with Gasteiger partial charge >= 0.3 is 0 Å². The number of nitrogens with one attached hydrogen (secondary N) is 1. The third-order valence-electron chi connectivity index (χ3n) is 4.72. The number of hydrogen-bond donors (Lipinski definition) is 1. The molecule has 1 aliphatic rings. The largest absolute Gasteiger partial charge is 0.492 e. The summed E-state index contributed by atoms with van der Waals surface area (Å²) in [6.07, 6.45) is 3.58. The van der Waals surface area contributed by atoms with Gasteiger partial charge in [0.25, 0.3) is 5.91 Å². The molecule has 2 rings (SSSR count). The van der Waals surface area contributed by atoms with E-state index in [2.05, 4.69) is 32.2 Å². The van der Waals surface area contributed by atoms with E-state index in [1.807, 2.05) is 6.92 Å². The van der Waals surface area contributed by atoms with Crippen LogP contribution in [0, 0.1) is 23.2 Å². The number of hydrogen-bond acceptors (Lipinski definition) is 4. The van der Waals surface area contributed by atoms with Gasteiger partial charge in [-0.1, -0.05) is 27.2 Å². The molecule has 0 unspecified atom stereocenters. The van der Waals surface area contributed by atoms with Gasteiger partial charge in [0.05, 0.1) is 12.2 Å². The van der Waals surface area contributed by atoms with Gasteiger partial charge in [-0.3, -0.25) is 4.79 Å². The number of rotatable bonds is 7. The van der Waals surface area contributed by atoms with E-state index in [1.54, 1.807) is 18.2 Å². The highest BCUT2D eigenvalue weighted by atomic mass is 16.5. The van der Waals surface area contributed by atoms with Crippen molar-refractivity contribution in [2.75, 3.05) is 18.5 Å². The maximum absolute atomic E-state index is 13.0. The average Bonchev–Trinajstić information content (AvgIpc) is 2.60. The zero-order chi connectivity index (χ0) is 19.2. The van der Waals surface area contributed by atoms with Crippen LogP contribution in [0.4, 0.5) is 5.69 Å². The van der Waals surface area contributed by atoms with Crippen LogP contribution in [0.25, 0.3) is 0 Å². The van der Waals surface area contributed by atoms with Crippen molar-refractivity contribution in [3.63, 3.8) is 0 Å². The molecule has 142 valence electrons. The van der Waals surface area contributed by atoms with Gasteiger partial charge in [-0.05, 0) is 56.2 Å². The topological polar surface area (TPSA) is 71.3 Å². The zero-order valence-corrected chi connectivity index (χ0v) is 16.3. The van der Waals surface area contributed by atoms with E-state index >= 15 is 0 Å². The molecule has 1 fully saturated rings. The maximum Gasteiger partial charge on any atom is 0.256 e. The zero-order valence-electron chi connectivity index (χ0n) is 16.3. The third kappa shape index (κ3) is 4.98. The Bertz CT molecular complexity index is 662. The van der Waals surface area contributed by atoms with E-state index in [-0.39, 0.29) is 5.91 Å². The highest BCUT2D eigenvalue weighted by molar-refractivity contribution is 5.97. The molecule has 0 spiro atoms. The molecular formula is C21H30N2O3. The Hall–Kier alpha value is -2.06. The average molecular weight is 358 g/mol. The van der Waals surface area contributed by atoms with E-state index in [0.717, 1.165) is 25.7 Å². The van der Waals surface area contributed by atoms with E-state index in [1.165, 1.54) is 0 Å². The Labute approximate surface area is 156 Å². The van der Waals surface area contributed by atoms with Crippen LogP contribution in [-0.4, -0.2) is 24.7 Å². The second-order valence-electron chi connectivity index (χ2n) is 7.61.